The molecule has 5 rings (SSSR count). The zero-order chi connectivity index (χ0) is 34.8. The van der Waals surface area contributed by atoms with Crippen LogP contribution in [0.4, 0.5) is 22.7 Å². The summed E-state index contributed by atoms with van der Waals surface area (Å²) in [6, 6.07) is 20.7. The zero-order valence-corrected chi connectivity index (χ0v) is 26.9. The van der Waals surface area contributed by atoms with Gasteiger partial charge in [-0.25, -0.2) is 5.43 Å². The first-order valence-corrected chi connectivity index (χ1v) is 16.9. The maximum atomic E-state index is 12.9. The number of benzene rings is 4. The molecular formula is C31H29N6O9S2+. The smallest absolute Gasteiger partial charge is 0.304 e. The summed E-state index contributed by atoms with van der Waals surface area (Å²) >= 11 is 0. The summed E-state index contributed by atoms with van der Waals surface area (Å²) in [5, 5.41) is 5.02. The second-order valence-corrected chi connectivity index (χ2v) is 13.5. The number of rotatable bonds is 10. The third-order valence-corrected chi connectivity index (χ3v) is 9.00. The van der Waals surface area contributed by atoms with E-state index in [0.29, 0.717) is 17.1 Å². The van der Waals surface area contributed by atoms with E-state index in [4.69, 9.17) is 0 Å². The number of hydrogen-bond acceptors (Lipinski definition) is 9. The van der Waals surface area contributed by atoms with Gasteiger partial charge in [-0.1, -0.05) is 22.4 Å². The van der Waals surface area contributed by atoms with Gasteiger partial charge in [-0.05, 0) is 73.7 Å². The monoisotopic (exact) mass is 693 g/mol. The second-order valence-electron chi connectivity index (χ2n) is 10.7. The lowest BCUT2D eigenvalue weighted by Crippen LogP contribution is -2.44. The molecule has 48 heavy (non-hydrogen) atoms. The van der Waals surface area contributed by atoms with Crippen molar-refractivity contribution in [1.29, 1.82) is 0 Å². The number of nitrogens with zero attached hydrogens (tertiary/aromatic N) is 1. The van der Waals surface area contributed by atoms with Gasteiger partial charge in [0.2, 0.25) is 11.4 Å². The Morgan fingerprint density at radius 3 is 1.88 bits per heavy atom. The molecule has 0 fully saturated rings. The molecule has 17 heteroatoms. The third kappa shape index (κ3) is 7.73. The molecule has 7 N–H and O–H groups in total. The number of carbonyl (C=O) groups is 3. The molecule has 0 aliphatic carbocycles. The van der Waals surface area contributed by atoms with Gasteiger partial charge in [0.1, 0.15) is 4.90 Å². The molecule has 1 aliphatic heterocycles. The van der Waals surface area contributed by atoms with Crippen molar-refractivity contribution in [3.05, 3.63) is 108 Å². The Balaban J connectivity index is 1.23. The average molecular weight is 694 g/mol. The minimum absolute atomic E-state index is 0.0419. The van der Waals surface area contributed by atoms with Crippen LogP contribution in [-0.2, 0) is 25.0 Å². The molecule has 1 aliphatic rings. The van der Waals surface area contributed by atoms with Gasteiger partial charge in [0.15, 0.2) is 6.04 Å². The molecule has 248 valence electrons. The first-order valence-electron chi connectivity index (χ1n) is 14.0. The van der Waals surface area contributed by atoms with Crippen LogP contribution in [0.2, 0.25) is 0 Å². The molecule has 1 heterocycles. The van der Waals surface area contributed by atoms with E-state index in [1.165, 1.54) is 53.2 Å². The number of hydrazone groups is 1. The predicted octanol–water partition coefficient (Wildman–Crippen LogP) is 3.13. The summed E-state index contributed by atoms with van der Waals surface area (Å²) in [7, 11) is -9.16. The Labute approximate surface area is 275 Å². The molecule has 0 spiro atoms. The number of aryl methyl sites for hydroxylation is 1. The van der Waals surface area contributed by atoms with E-state index in [1.807, 2.05) is 6.92 Å². The van der Waals surface area contributed by atoms with Crippen molar-refractivity contribution in [2.75, 3.05) is 16.1 Å². The topological polar surface area (TPSA) is 223 Å². The van der Waals surface area contributed by atoms with Crippen molar-refractivity contribution >= 4 is 66.4 Å². The zero-order valence-electron chi connectivity index (χ0n) is 25.3. The van der Waals surface area contributed by atoms with E-state index in [-0.39, 0.29) is 27.4 Å². The van der Waals surface area contributed by atoms with Gasteiger partial charge in [-0.3, -0.25) is 23.5 Å². The normalized spacial score (nSPS) is 14.8. The Morgan fingerprint density at radius 1 is 0.729 bits per heavy atom. The largest absolute Gasteiger partial charge is 0.322 e. The van der Waals surface area contributed by atoms with Crippen molar-refractivity contribution in [3.8, 4) is 0 Å². The maximum Gasteiger partial charge on any atom is 0.304 e. The van der Waals surface area contributed by atoms with Gasteiger partial charge in [0, 0.05) is 41.6 Å². The van der Waals surface area contributed by atoms with Crippen LogP contribution in [0.1, 0.15) is 33.2 Å². The van der Waals surface area contributed by atoms with Crippen molar-refractivity contribution in [1.82, 2.24) is 10.9 Å². The number of nitrogens with one attached hydrogen (secondary N) is 5. The highest BCUT2D eigenvalue weighted by Gasteiger charge is 2.39. The van der Waals surface area contributed by atoms with Gasteiger partial charge >= 0.3 is 5.91 Å². The van der Waals surface area contributed by atoms with Gasteiger partial charge in [-0.15, -0.1) is 5.43 Å². The van der Waals surface area contributed by atoms with Gasteiger partial charge in [0.05, 0.1) is 10.6 Å². The van der Waals surface area contributed by atoms with Crippen molar-refractivity contribution in [2.45, 2.75) is 29.7 Å². The molecule has 4 aromatic carbocycles. The van der Waals surface area contributed by atoms with E-state index in [0.717, 1.165) is 11.6 Å². The Kier molecular flexibility index (Phi) is 9.42. The number of hydrazine groups is 2. The van der Waals surface area contributed by atoms with Gasteiger partial charge < -0.3 is 16.1 Å². The fourth-order valence-corrected chi connectivity index (χ4v) is 5.82. The highest BCUT2D eigenvalue weighted by Crippen LogP contribution is 2.26. The molecule has 0 aromatic heterocycles. The Morgan fingerprint density at radius 2 is 1.29 bits per heavy atom. The van der Waals surface area contributed by atoms with Crippen LogP contribution in [0.15, 0.2) is 101 Å². The molecule has 3 amide bonds. The fourth-order valence-electron chi connectivity index (χ4n) is 4.67. The summed E-state index contributed by atoms with van der Waals surface area (Å²) in [6.45, 7) is 3.53. The van der Waals surface area contributed by atoms with E-state index in [9.17, 15) is 40.3 Å². The highest BCUT2D eigenvalue weighted by atomic mass is 32.2. The summed E-state index contributed by atoms with van der Waals surface area (Å²) in [6.07, 6.45) is 0. The van der Waals surface area contributed by atoms with Crippen LogP contribution < -0.4 is 26.9 Å². The minimum Gasteiger partial charge on any atom is -0.322 e. The summed E-state index contributed by atoms with van der Waals surface area (Å²) in [5.74, 6) is -1.59. The molecule has 0 bridgehead atoms. The minimum atomic E-state index is -4.79. The number of hydrogen-bond donors (Lipinski definition) is 7. The highest BCUT2D eigenvalue weighted by molar-refractivity contribution is 7.86. The lowest BCUT2D eigenvalue weighted by molar-refractivity contribution is -0.486. The van der Waals surface area contributed by atoms with Gasteiger partial charge in [-0.2, -0.15) is 16.8 Å². The van der Waals surface area contributed by atoms with Crippen LogP contribution in [-0.4, -0.2) is 60.1 Å². The van der Waals surface area contributed by atoms with Crippen molar-refractivity contribution < 1.29 is 45.0 Å². The van der Waals surface area contributed by atoms with Crippen LogP contribution in [0, 0.1) is 6.92 Å². The van der Waals surface area contributed by atoms with Crippen LogP contribution in [0.3, 0.4) is 0 Å². The molecule has 0 saturated heterocycles. The second kappa shape index (κ2) is 13.3. The standard InChI is InChI=1S/C31H28N6O9S2/c1-18-3-5-20(6-4-18)30(39)33-26-16-11-23(17-27(26)48(44,45)46)32-29(38)21-7-9-22(10-8-21)34-35-28-19(2)37(36-31(28)40)24-12-14-25(15-13-24)47(41,42)43/h3-17,28,35H,1-2H3,(H5-,32,33,34,36,38,39,40,41,42,43,44,45,46)/p+1. The Hall–Kier alpha value is -5.46. The summed E-state index contributed by atoms with van der Waals surface area (Å²) < 4.78 is 67.3. The molecule has 15 nitrogen and oxygen atoms in total. The summed E-state index contributed by atoms with van der Waals surface area (Å²) in [4.78, 5) is 37.3. The van der Waals surface area contributed by atoms with E-state index >= 15 is 0 Å². The van der Waals surface area contributed by atoms with Crippen LogP contribution >= 0.6 is 0 Å². The van der Waals surface area contributed by atoms with E-state index < -0.39 is 48.9 Å². The van der Waals surface area contributed by atoms with Crippen LogP contribution in [0.25, 0.3) is 0 Å². The van der Waals surface area contributed by atoms with E-state index in [1.54, 1.807) is 43.3 Å². The molecule has 0 radical (unpaired) electrons. The van der Waals surface area contributed by atoms with Crippen LogP contribution in [0.5, 0.6) is 0 Å². The van der Waals surface area contributed by atoms with Gasteiger partial charge in [0.25, 0.3) is 32.1 Å². The quantitative estimate of drug-likeness (QED) is 0.0726. The molecule has 4 aromatic rings. The van der Waals surface area contributed by atoms with Crippen molar-refractivity contribution in [2.24, 2.45) is 0 Å². The fraction of sp³-hybridized carbons (Fsp3) is 0.0968. The number of carbonyl (C=O) groups excluding carboxylic acids is 3. The molecule has 1 unspecified atom stereocenters. The molecule has 0 saturated carbocycles. The average Bonchev–Trinajstić information content (AvgIpc) is 3.32. The SMILES string of the molecule is CC1=[N+](c2ccc(S(=O)(=O)O)cc2)NC(=O)C1NNc1ccc(C(=O)Nc2ccc(NC(=O)c3ccc(C)cc3)c(S(=O)(=O)O)c2)cc1. The molecular weight excluding hydrogens is 665 g/mol. The van der Waals surface area contributed by atoms with Crippen molar-refractivity contribution in [3.63, 3.8) is 0 Å². The predicted molar refractivity (Wildman–Crippen MR) is 175 cm³/mol. The third-order valence-electron chi connectivity index (χ3n) is 7.23. The summed E-state index contributed by atoms with van der Waals surface area (Å²) in [5.41, 5.74) is 11.2. The lowest BCUT2D eigenvalue weighted by atomic mass is 10.1. The Bertz CT molecular complexity index is 2170. The maximum absolute atomic E-state index is 12.9. The molecule has 1 atom stereocenters. The van der Waals surface area contributed by atoms with E-state index in [2.05, 4.69) is 26.9 Å². The first kappa shape index (κ1) is 33.9. The number of amides is 3. The first-order chi connectivity index (χ1) is 22.6. The number of anilines is 3. The lowest BCUT2D eigenvalue weighted by Gasteiger charge is -2.13.